The van der Waals surface area contributed by atoms with Crippen molar-refractivity contribution in [3.05, 3.63) is 42.7 Å². The minimum absolute atomic E-state index is 0.00717. The quantitative estimate of drug-likeness (QED) is 0.201. The first kappa shape index (κ1) is 34.6. The van der Waals surface area contributed by atoms with E-state index in [4.69, 9.17) is 20.2 Å². The normalized spacial score (nSPS) is 20.5. The zero-order valence-electron chi connectivity index (χ0n) is 27.6. The molecule has 3 N–H and O–H groups in total. The van der Waals surface area contributed by atoms with Crippen LogP contribution in [0.25, 0.3) is 16.7 Å². The molecule has 1 aliphatic heterocycles. The zero-order chi connectivity index (χ0) is 33.6. The van der Waals surface area contributed by atoms with Crippen LogP contribution in [0.5, 0.6) is 5.75 Å². The Labute approximate surface area is 277 Å². The van der Waals surface area contributed by atoms with E-state index in [1.165, 1.54) is 6.26 Å². The van der Waals surface area contributed by atoms with Gasteiger partial charge in [-0.05, 0) is 62.3 Å². The van der Waals surface area contributed by atoms with Crippen molar-refractivity contribution in [1.29, 1.82) is 0 Å². The lowest BCUT2D eigenvalue weighted by Gasteiger charge is -2.36. The van der Waals surface area contributed by atoms with E-state index in [2.05, 4.69) is 10.3 Å². The van der Waals surface area contributed by atoms with Crippen LogP contribution in [0.2, 0.25) is 0 Å². The summed E-state index contributed by atoms with van der Waals surface area (Å²) in [4.78, 5) is 36.9. The lowest BCUT2D eigenvalue weighted by atomic mass is 9.85. The van der Waals surface area contributed by atoms with Crippen molar-refractivity contribution < 1.29 is 27.5 Å². The highest BCUT2D eigenvalue weighted by Gasteiger charge is 2.33. The lowest BCUT2D eigenvalue weighted by molar-refractivity contribution is -0.155. The number of amides is 1. The van der Waals surface area contributed by atoms with E-state index in [-0.39, 0.29) is 41.6 Å². The second-order valence-corrected chi connectivity index (χ2v) is 15.3. The van der Waals surface area contributed by atoms with E-state index in [0.717, 1.165) is 43.0 Å². The van der Waals surface area contributed by atoms with Crippen molar-refractivity contribution in [3.8, 4) is 11.6 Å². The molecule has 2 fully saturated rings. The van der Waals surface area contributed by atoms with Gasteiger partial charge in [0.05, 0.1) is 17.9 Å². The van der Waals surface area contributed by atoms with Gasteiger partial charge in [-0.1, -0.05) is 26.3 Å². The van der Waals surface area contributed by atoms with E-state index in [1.807, 2.05) is 59.8 Å². The summed E-state index contributed by atoms with van der Waals surface area (Å²) in [7, 11) is -3.03. The second kappa shape index (κ2) is 15.5. The number of hydrogen-bond acceptors (Lipinski definition) is 10. The van der Waals surface area contributed by atoms with Crippen LogP contribution in [-0.4, -0.2) is 89.6 Å². The van der Waals surface area contributed by atoms with Crippen molar-refractivity contribution >= 4 is 38.6 Å². The van der Waals surface area contributed by atoms with Gasteiger partial charge in [-0.2, -0.15) is 4.98 Å². The zero-order valence-corrected chi connectivity index (χ0v) is 28.5. The van der Waals surface area contributed by atoms with Crippen LogP contribution < -0.4 is 15.8 Å². The summed E-state index contributed by atoms with van der Waals surface area (Å²) in [5.74, 6) is 1.96. The molecule has 1 amide bonds. The third-order valence-electron chi connectivity index (χ3n) is 9.47. The van der Waals surface area contributed by atoms with Gasteiger partial charge in [0.25, 0.3) is 0 Å². The molecule has 3 aromatic rings. The minimum Gasteiger partial charge on any atom is -0.493 e. The van der Waals surface area contributed by atoms with Gasteiger partial charge in [0.1, 0.15) is 33.6 Å². The number of esters is 1. The number of hydrogen-bond donors (Lipinski definition) is 2. The van der Waals surface area contributed by atoms with Gasteiger partial charge in [-0.15, -0.1) is 0 Å². The number of anilines is 1. The topological polar surface area (TPSA) is 159 Å². The molecule has 1 aliphatic carbocycles. The molecule has 1 aromatic carbocycles. The number of carbonyl (C=O) groups excluding carboxylic acids is 2. The lowest BCUT2D eigenvalue weighted by Crippen LogP contribution is -2.46. The number of rotatable bonds is 13. The van der Waals surface area contributed by atoms with E-state index in [9.17, 15) is 18.0 Å². The third-order valence-corrected chi connectivity index (χ3v) is 10.5. The fraction of sp³-hybridized carbons (Fsp3) is 0.588. The summed E-state index contributed by atoms with van der Waals surface area (Å²) in [5, 5.41) is 4.40. The maximum atomic E-state index is 13.3. The fourth-order valence-electron chi connectivity index (χ4n) is 6.37. The number of fused-ring (bicyclic) bond motifs is 1. The summed E-state index contributed by atoms with van der Waals surface area (Å²) < 4.78 is 36.4. The maximum Gasteiger partial charge on any atom is 0.323 e. The summed E-state index contributed by atoms with van der Waals surface area (Å²) in [6.07, 6.45) is 10.5. The molecule has 2 aliphatic rings. The van der Waals surface area contributed by atoms with Gasteiger partial charge in [0, 0.05) is 61.9 Å². The molecular weight excluding hydrogens is 620 g/mol. The highest BCUT2D eigenvalue weighted by Crippen LogP contribution is 2.31. The number of piperidine rings is 1. The predicted octanol–water partition coefficient (Wildman–Crippen LogP) is 4.11. The number of ether oxygens (including phenoxy) is 2. The van der Waals surface area contributed by atoms with Crippen molar-refractivity contribution in [1.82, 2.24) is 19.4 Å². The molecule has 5 rings (SSSR count). The number of likely N-dealkylation sites (tertiary alicyclic amines) is 1. The molecular formula is C34H48N6O6S. The molecule has 256 valence electrons. The number of nitrogens with two attached hydrogens (primary N) is 1. The Bertz CT molecular complexity index is 1630. The highest BCUT2D eigenvalue weighted by molar-refractivity contribution is 7.90. The summed E-state index contributed by atoms with van der Waals surface area (Å²) in [6.45, 7) is 5.47. The van der Waals surface area contributed by atoms with Crippen LogP contribution in [-0.2, 0) is 24.2 Å². The van der Waals surface area contributed by atoms with Gasteiger partial charge in [-0.3, -0.25) is 9.59 Å². The van der Waals surface area contributed by atoms with Crippen molar-refractivity contribution in [2.75, 3.05) is 37.0 Å². The average Bonchev–Trinajstić information content (AvgIpc) is 3.51. The summed E-state index contributed by atoms with van der Waals surface area (Å²) in [6, 6.07) is 9.16. The van der Waals surface area contributed by atoms with Crippen LogP contribution in [0.15, 0.2) is 42.7 Å². The molecule has 12 nitrogen and oxygen atoms in total. The van der Waals surface area contributed by atoms with Crippen LogP contribution in [0.1, 0.15) is 65.2 Å². The monoisotopic (exact) mass is 668 g/mol. The van der Waals surface area contributed by atoms with E-state index in [1.54, 1.807) is 6.20 Å². The first-order valence-corrected chi connectivity index (χ1v) is 18.8. The van der Waals surface area contributed by atoms with E-state index >= 15 is 0 Å². The molecule has 0 unspecified atom stereocenters. The van der Waals surface area contributed by atoms with Crippen LogP contribution in [0.3, 0.4) is 0 Å². The standard InChI is InChI=1S/C34H48N6O6S/c1-4-23(2)31(35)33(42)46-26-14-18-39(19-15-26)32(41)24-9-11-25(12-10-24)37-34-36-17-13-30(38-34)40-20-16-27-28(40)7-5-8-29(27)45-21-6-22-47(3,43)44/h5,7-8,13,16-17,20,23-26,31H,4,6,9-12,14-15,18-19,21-22,35H2,1-3H3,(H,36,37,38)/t23-,24?,25?,31+/m0/s1. The van der Waals surface area contributed by atoms with Crippen LogP contribution in [0, 0.1) is 11.8 Å². The molecule has 3 heterocycles. The molecule has 47 heavy (non-hydrogen) atoms. The van der Waals surface area contributed by atoms with Crippen LogP contribution >= 0.6 is 0 Å². The summed E-state index contributed by atoms with van der Waals surface area (Å²) in [5.41, 5.74) is 6.95. The number of aromatic nitrogens is 3. The molecule has 13 heteroatoms. The van der Waals surface area contributed by atoms with Crippen molar-refractivity contribution in [2.24, 2.45) is 17.6 Å². The van der Waals surface area contributed by atoms with Gasteiger partial charge in [0.15, 0.2) is 0 Å². The van der Waals surface area contributed by atoms with Crippen molar-refractivity contribution in [3.63, 3.8) is 0 Å². The Balaban J connectivity index is 1.10. The van der Waals surface area contributed by atoms with Gasteiger partial charge >= 0.3 is 5.97 Å². The van der Waals surface area contributed by atoms with E-state index < -0.39 is 15.9 Å². The molecule has 0 bridgehead atoms. The van der Waals surface area contributed by atoms with Gasteiger partial charge < -0.3 is 30.0 Å². The first-order valence-electron chi connectivity index (χ1n) is 16.8. The summed E-state index contributed by atoms with van der Waals surface area (Å²) >= 11 is 0. The highest BCUT2D eigenvalue weighted by atomic mass is 32.2. The van der Waals surface area contributed by atoms with Gasteiger partial charge in [-0.25, -0.2) is 13.4 Å². The largest absolute Gasteiger partial charge is 0.493 e. The maximum absolute atomic E-state index is 13.3. The minimum atomic E-state index is -3.03. The molecule has 1 saturated carbocycles. The van der Waals surface area contributed by atoms with Gasteiger partial charge in [0.2, 0.25) is 11.9 Å². The molecule has 1 saturated heterocycles. The Kier molecular flexibility index (Phi) is 11.4. The number of nitrogens with one attached hydrogen (secondary N) is 1. The molecule has 2 atom stereocenters. The first-order chi connectivity index (χ1) is 22.5. The predicted molar refractivity (Wildman–Crippen MR) is 181 cm³/mol. The van der Waals surface area contributed by atoms with Crippen LogP contribution in [0.4, 0.5) is 5.95 Å². The average molecular weight is 669 g/mol. The number of benzene rings is 1. The second-order valence-electron chi connectivity index (χ2n) is 13.0. The molecule has 0 radical (unpaired) electrons. The Hall–Kier alpha value is -3.71. The number of carbonyl (C=O) groups is 2. The third kappa shape index (κ3) is 9.01. The Morgan fingerprint density at radius 3 is 2.53 bits per heavy atom. The number of sulfone groups is 1. The fourth-order valence-corrected chi connectivity index (χ4v) is 7.01. The number of nitrogens with zero attached hydrogens (tertiary/aromatic N) is 4. The Morgan fingerprint density at radius 2 is 1.83 bits per heavy atom. The molecule has 0 spiro atoms. The van der Waals surface area contributed by atoms with E-state index in [0.29, 0.717) is 56.5 Å². The Morgan fingerprint density at radius 1 is 1.09 bits per heavy atom. The molecule has 2 aromatic heterocycles. The van der Waals surface area contributed by atoms with Crippen molar-refractivity contribution in [2.45, 2.75) is 83.4 Å². The smallest absolute Gasteiger partial charge is 0.323 e. The SMILES string of the molecule is CC[C@H](C)[C@@H](N)C(=O)OC1CCN(C(=O)C2CCC(Nc3nccc(-n4ccc5c(OCCCS(C)(=O)=O)cccc54)n3)CC2)CC1.